The Morgan fingerprint density at radius 2 is 0.682 bits per heavy atom. The van der Waals surface area contributed by atoms with Gasteiger partial charge in [0, 0.05) is 0 Å². The fourth-order valence-corrected chi connectivity index (χ4v) is 4.84. The van der Waals surface area contributed by atoms with Gasteiger partial charge in [-0.15, -0.1) is 0 Å². The average Bonchev–Trinajstić information content (AvgIpc) is 3.07. The molecule has 1 saturated carbocycles. The largest absolute Gasteiger partial charge is 0.490 e. The van der Waals surface area contributed by atoms with Crippen molar-refractivity contribution in [2.24, 2.45) is 11.8 Å². The molecule has 0 aromatic heterocycles. The van der Waals surface area contributed by atoms with Gasteiger partial charge >= 0.3 is 11.9 Å². The van der Waals surface area contributed by atoms with Crippen molar-refractivity contribution < 1.29 is 38.0 Å². The van der Waals surface area contributed by atoms with Crippen LogP contribution in [0.1, 0.15) is 25.7 Å². The van der Waals surface area contributed by atoms with Gasteiger partial charge in [-0.05, 0) is 98.5 Å². The van der Waals surface area contributed by atoms with E-state index in [2.05, 4.69) is 0 Å². The summed E-state index contributed by atoms with van der Waals surface area (Å²) >= 11 is 0. The lowest BCUT2D eigenvalue weighted by Crippen LogP contribution is -2.30. The molecule has 44 heavy (non-hydrogen) atoms. The van der Waals surface area contributed by atoms with E-state index in [0.29, 0.717) is 75.1 Å². The monoisotopic (exact) mass is 596 g/mol. The highest BCUT2D eigenvalue weighted by molar-refractivity contribution is 5.77. The van der Waals surface area contributed by atoms with E-state index in [1.807, 2.05) is 60.7 Å². The molecule has 0 spiro atoms. The maximum absolute atomic E-state index is 12.8. The Kier molecular flexibility index (Phi) is 11.1. The summed E-state index contributed by atoms with van der Waals surface area (Å²) in [5.74, 6) is 2.75. The average molecular weight is 597 g/mol. The van der Waals surface area contributed by atoms with Crippen LogP contribution >= 0.6 is 0 Å². The highest BCUT2D eigenvalue weighted by Gasteiger charge is 2.32. The van der Waals surface area contributed by atoms with Gasteiger partial charge in [0.05, 0.1) is 11.8 Å². The molecular weight excluding hydrogens is 560 g/mol. The van der Waals surface area contributed by atoms with E-state index in [1.165, 1.54) is 0 Å². The lowest BCUT2D eigenvalue weighted by atomic mass is 9.82. The highest BCUT2D eigenvalue weighted by Crippen LogP contribution is 2.32. The van der Waals surface area contributed by atoms with Crippen LogP contribution < -0.4 is 28.4 Å². The first-order valence-corrected chi connectivity index (χ1v) is 14.9. The van der Waals surface area contributed by atoms with Crippen LogP contribution in [0.4, 0.5) is 0 Å². The number of benzene rings is 4. The summed E-state index contributed by atoms with van der Waals surface area (Å²) in [4.78, 5) is 25.5. The minimum Gasteiger partial charge on any atom is -0.490 e. The van der Waals surface area contributed by atoms with Gasteiger partial charge in [-0.25, -0.2) is 0 Å². The quantitative estimate of drug-likeness (QED) is 0.0881. The molecule has 8 heteroatoms. The van der Waals surface area contributed by atoms with E-state index in [-0.39, 0.29) is 23.8 Å². The van der Waals surface area contributed by atoms with Crippen molar-refractivity contribution in [1.29, 1.82) is 0 Å². The number of carbonyl (C=O) groups is 2. The summed E-state index contributed by atoms with van der Waals surface area (Å²) in [7, 11) is 0. The molecule has 0 amide bonds. The molecule has 8 nitrogen and oxygen atoms in total. The minimum absolute atomic E-state index is 0.257. The number of hydrogen-bond acceptors (Lipinski definition) is 8. The van der Waals surface area contributed by atoms with Crippen molar-refractivity contribution in [3.8, 4) is 34.5 Å². The number of hydrogen-bond donors (Lipinski definition) is 0. The molecule has 5 rings (SSSR count). The smallest absolute Gasteiger partial charge is 0.314 e. The van der Waals surface area contributed by atoms with E-state index in [4.69, 9.17) is 28.4 Å². The normalized spacial score (nSPS) is 15.9. The zero-order valence-corrected chi connectivity index (χ0v) is 24.5. The summed E-state index contributed by atoms with van der Waals surface area (Å²) in [6.07, 6.45) is 2.27. The van der Waals surface area contributed by atoms with Crippen LogP contribution in [0.3, 0.4) is 0 Å². The zero-order valence-electron chi connectivity index (χ0n) is 24.5. The Balaban J connectivity index is 0.968. The molecule has 1 fully saturated rings. The van der Waals surface area contributed by atoms with Gasteiger partial charge in [0.25, 0.3) is 0 Å². The van der Waals surface area contributed by atoms with Gasteiger partial charge in [-0.2, -0.15) is 0 Å². The topological polar surface area (TPSA) is 89.5 Å². The lowest BCUT2D eigenvalue weighted by molar-refractivity contribution is -0.145. The molecule has 0 radical (unpaired) electrons. The molecule has 0 bridgehead atoms. The molecule has 228 valence electrons. The third kappa shape index (κ3) is 9.52. The summed E-state index contributed by atoms with van der Waals surface area (Å²) in [5.41, 5.74) is 0. The second-order valence-corrected chi connectivity index (χ2v) is 10.4. The lowest BCUT2D eigenvalue weighted by Gasteiger charge is -2.25. The predicted octanol–water partition coefficient (Wildman–Crippen LogP) is 6.92. The van der Waals surface area contributed by atoms with Crippen molar-refractivity contribution in [3.05, 3.63) is 109 Å². The van der Waals surface area contributed by atoms with E-state index in [9.17, 15) is 9.59 Å². The minimum atomic E-state index is -0.286. The second kappa shape index (κ2) is 16.0. The number of esters is 2. The van der Waals surface area contributed by atoms with Crippen LogP contribution in [-0.4, -0.2) is 38.4 Å². The molecule has 0 heterocycles. The summed E-state index contributed by atoms with van der Waals surface area (Å²) in [6, 6.07) is 33.0. The molecule has 1 aliphatic rings. The maximum Gasteiger partial charge on any atom is 0.314 e. The Morgan fingerprint density at radius 3 is 1.00 bits per heavy atom. The molecule has 0 saturated heterocycles. The zero-order chi connectivity index (χ0) is 30.4. The first-order valence-electron chi connectivity index (χ1n) is 14.9. The van der Waals surface area contributed by atoms with Crippen LogP contribution in [-0.2, 0) is 9.59 Å². The third-order valence-electron chi connectivity index (χ3n) is 7.21. The van der Waals surface area contributed by atoms with Crippen molar-refractivity contribution >= 4 is 11.9 Å². The number of carbonyl (C=O) groups excluding carboxylic acids is 2. The molecule has 0 atom stereocenters. The maximum atomic E-state index is 12.8. The van der Waals surface area contributed by atoms with Crippen LogP contribution in [0.15, 0.2) is 109 Å². The molecule has 0 unspecified atom stereocenters. The Labute approximate surface area is 257 Å². The summed E-state index contributed by atoms with van der Waals surface area (Å²) < 4.78 is 33.8. The molecular formula is C36H36O8. The Bertz CT molecular complexity index is 1320. The Morgan fingerprint density at radius 1 is 0.409 bits per heavy atom. The van der Waals surface area contributed by atoms with Gasteiger partial charge in [0.2, 0.25) is 0 Å². The Hall–Kier alpha value is -4.98. The van der Waals surface area contributed by atoms with Crippen molar-refractivity contribution in [2.75, 3.05) is 26.4 Å². The van der Waals surface area contributed by atoms with Crippen LogP contribution in [0.25, 0.3) is 0 Å². The van der Waals surface area contributed by atoms with Crippen molar-refractivity contribution in [1.82, 2.24) is 0 Å². The van der Waals surface area contributed by atoms with Crippen LogP contribution in [0.5, 0.6) is 34.5 Å². The molecule has 0 aliphatic heterocycles. The second-order valence-electron chi connectivity index (χ2n) is 10.4. The van der Waals surface area contributed by atoms with Crippen LogP contribution in [0.2, 0.25) is 0 Å². The number of para-hydroxylation sites is 2. The summed E-state index contributed by atoms with van der Waals surface area (Å²) in [6.45, 7) is 1.63. The number of rotatable bonds is 14. The van der Waals surface area contributed by atoms with Crippen molar-refractivity contribution in [2.45, 2.75) is 25.7 Å². The van der Waals surface area contributed by atoms with E-state index in [1.54, 1.807) is 48.5 Å². The fraction of sp³-hybridized carbons (Fsp3) is 0.278. The molecule has 4 aromatic rings. The van der Waals surface area contributed by atoms with Crippen molar-refractivity contribution in [3.63, 3.8) is 0 Å². The van der Waals surface area contributed by atoms with Gasteiger partial charge in [-0.1, -0.05) is 36.4 Å². The molecule has 4 aromatic carbocycles. The van der Waals surface area contributed by atoms with Gasteiger partial charge < -0.3 is 28.4 Å². The first-order chi connectivity index (χ1) is 21.6. The predicted molar refractivity (Wildman–Crippen MR) is 164 cm³/mol. The molecule has 1 aliphatic carbocycles. The van der Waals surface area contributed by atoms with E-state index in [0.717, 1.165) is 11.5 Å². The highest BCUT2D eigenvalue weighted by atomic mass is 16.5. The number of ether oxygens (including phenoxy) is 6. The standard InChI is InChI=1S/C36H36O8/c37-35(43-33-19-15-31(16-20-33)41-25-23-39-29-7-3-1-4-8-29)27-11-13-28(14-12-27)36(38)44-34-21-17-32(18-22-34)42-26-24-40-30-9-5-2-6-10-30/h1-10,15-22,27-28H,11-14,23-26H2/t27-,28-. The molecule has 0 N–H and O–H groups in total. The van der Waals surface area contributed by atoms with Crippen LogP contribution in [0, 0.1) is 11.8 Å². The van der Waals surface area contributed by atoms with Gasteiger partial charge in [0.15, 0.2) is 0 Å². The van der Waals surface area contributed by atoms with E-state index < -0.39 is 0 Å². The van der Waals surface area contributed by atoms with Gasteiger partial charge in [-0.3, -0.25) is 9.59 Å². The van der Waals surface area contributed by atoms with E-state index >= 15 is 0 Å². The first kappa shape index (κ1) is 30.5. The SMILES string of the molecule is O=C(Oc1ccc(OCCOc2ccccc2)cc1)[C@H]1CC[C@H](C(=O)Oc2ccc(OCCOc3ccccc3)cc2)CC1. The third-order valence-corrected chi connectivity index (χ3v) is 7.21. The summed E-state index contributed by atoms with van der Waals surface area (Å²) in [5, 5.41) is 0. The van der Waals surface area contributed by atoms with Gasteiger partial charge in [0.1, 0.15) is 60.9 Å². The fourth-order valence-electron chi connectivity index (χ4n) is 4.84.